The zero-order valence-electron chi connectivity index (χ0n) is 11.1. The summed E-state index contributed by atoms with van der Waals surface area (Å²) in [4.78, 5) is 0. The molecule has 1 atom stereocenters. The average molecular weight is 258 g/mol. The fraction of sp³-hybridized carbons (Fsp3) is 0.250. The molecule has 100 valence electrons. The Morgan fingerprint density at radius 3 is 2.63 bits per heavy atom. The van der Waals surface area contributed by atoms with Crippen LogP contribution in [-0.2, 0) is 6.54 Å². The maximum atomic E-state index is 10.0. The van der Waals surface area contributed by atoms with Crippen LogP contribution < -0.4 is 10.1 Å². The van der Waals surface area contributed by atoms with Crippen LogP contribution in [0.15, 0.2) is 54.6 Å². The zero-order chi connectivity index (χ0) is 13.5. The van der Waals surface area contributed by atoms with Gasteiger partial charge < -0.3 is 15.2 Å². The van der Waals surface area contributed by atoms with Crippen LogP contribution >= 0.6 is 0 Å². The molecule has 3 N–H and O–H groups in total. The summed E-state index contributed by atoms with van der Waals surface area (Å²) in [6.45, 7) is 1.49. The number of benzene rings is 2. The molecule has 2 rings (SSSR count). The zero-order valence-corrected chi connectivity index (χ0v) is 11.1. The van der Waals surface area contributed by atoms with Gasteiger partial charge in [0.25, 0.3) is 0 Å². The van der Waals surface area contributed by atoms with Gasteiger partial charge in [0.1, 0.15) is 24.9 Å². The molecule has 0 radical (unpaired) electrons. The van der Waals surface area contributed by atoms with Gasteiger partial charge in [0.15, 0.2) is 0 Å². The van der Waals surface area contributed by atoms with Crippen molar-refractivity contribution in [2.75, 3.05) is 13.7 Å². The summed E-state index contributed by atoms with van der Waals surface area (Å²) in [6, 6.07) is 17.7. The lowest BCUT2D eigenvalue weighted by atomic mass is 10.1. The van der Waals surface area contributed by atoms with E-state index in [1.807, 2.05) is 48.5 Å². The Morgan fingerprint density at radius 2 is 1.89 bits per heavy atom. The molecule has 0 aliphatic heterocycles. The van der Waals surface area contributed by atoms with Crippen molar-refractivity contribution in [1.29, 1.82) is 0 Å². The van der Waals surface area contributed by atoms with E-state index in [0.29, 0.717) is 6.54 Å². The van der Waals surface area contributed by atoms with Crippen molar-refractivity contribution in [2.45, 2.75) is 12.6 Å². The Balaban J connectivity index is 1.83. The highest BCUT2D eigenvalue weighted by atomic mass is 16.5. The third-order valence-corrected chi connectivity index (χ3v) is 3.09. The fourth-order valence-corrected chi connectivity index (χ4v) is 2.02. The minimum Gasteiger partial charge on any atom is -0.497 e. The van der Waals surface area contributed by atoms with E-state index in [2.05, 4.69) is 11.4 Å². The van der Waals surface area contributed by atoms with E-state index < -0.39 is 6.10 Å². The Labute approximate surface area is 113 Å². The first-order valence-electron chi connectivity index (χ1n) is 6.47. The minimum absolute atomic E-state index is 0.424. The number of methoxy groups -OCH3 is 1. The molecule has 0 heterocycles. The number of ether oxygens (including phenoxy) is 1. The summed E-state index contributed by atoms with van der Waals surface area (Å²) in [5.74, 6) is 0.870. The van der Waals surface area contributed by atoms with Crippen LogP contribution in [0.5, 0.6) is 5.75 Å². The third kappa shape index (κ3) is 4.09. The lowest BCUT2D eigenvalue weighted by Gasteiger charge is -2.10. The van der Waals surface area contributed by atoms with Crippen LogP contribution in [0.2, 0.25) is 0 Å². The molecular weight excluding hydrogens is 238 g/mol. The van der Waals surface area contributed by atoms with Gasteiger partial charge in [-0.05, 0) is 17.7 Å². The predicted molar refractivity (Wildman–Crippen MR) is 74.9 cm³/mol. The molecule has 0 saturated heterocycles. The van der Waals surface area contributed by atoms with Crippen LogP contribution in [-0.4, -0.2) is 18.8 Å². The Morgan fingerprint density at radius 1 is 1.11 bits per heavy atom. The van der Waals surface area contributed by atoms with Crippen LogP contribution in [0.25, 0.3) is 0 Å². The minimum atomic E-state index is -0.424. The quantitative estimate of drug-likeness (QED) is 0.824. The number of hydrogen-bond donors (Lipinski definition) is 2. The molecule has 0 aliphatic carbocycles. The van der Waals surface area contributed by atoms with Crippen LogP contribution in [0, 0.1) is 0 Å². The highest BCUT2D eigenvalue weighted by molar-refractivity contribution is 5.27. The molecule has 2 aromatic rings. The first-order chi connectivity index (χ1) is 9.29. The maximum absolute atomic E-state index is 10.0. The van der Waals surface area contributed by atoms with Crippen molar-refractivity contribution in [2.24, 2.45) is 0 Å². The molecule has 3 nitrogen and oxygen atoms in total. The van der Waals surface area contributed by atoms with Crippen LogP contribution in [0.3, 0.4) is 0 Å². The second kappa shape index (κ2) is 6.92. The Kier molecular flexibility index (Phi) is 4.95. The molecule has 0 saturated carbocycles. The van der Waals surface area contributed by atoms with Gasteiger partial charge in [-0.2, -0.15) is 0 Å². The van der Waals surface area contributed by atoms with E-state index in [1.54, 1.807) is 7.11 Å². The number of aliphatic hydroxyl groups is 1. The lowest BCUT2D eigenvalue weighted by Crippen LogP contribution is -2.83. The largest absolute Gasteiger partial charge is 0.497 e. The van der Waals surface area contributed by atoms with Crippen molar-refractivity contribution in [1.82, 2.24) is 0 Å². The summed E-state index contributed by atoms with van der Waals surface area (Å²) >= 11 is 0. The topological polar surface area (TPSA) is 46.1 Å². The third-order valence-electron chi connectivity index (χ3n) is 3.09. The summed E-state index contributed by atoms with van der Waals surface area (Å²) in [5.41, 5.74) is 2.16. The summed E-state index contributed by atoms with van der Waals surface area (Å²) in [6.07, 6.45) is -0.424. The average Bonchev–Trinajstić information content (AvgIpc) is 2.48. The molecule has 19 heavy (non-hydrogen) atoms. The van der Waals surface area contributed by atoms with Crippen LogP contribution in [0.1, 0.15) is 17.2 Å². The molecule has 0 bridgehead atoms. The Bertz CT molecular complexity index is 499. The molecule has 0 fully saturated rings. The van der Waals surface area contributed by atoms with Crippen molar-refractivity contribution < 1.29 is 15.2 Å². The first-order valence-corrected chi connectivity index (χ1v) is 6.47. The number of hydrogen-bond acceptors (Lipinski definition) is 2. The van der Waals surface area contributed by atoms with E-state index in [-0.39, 0.29) is 0 Å². The smallest absolute Gasteiger partial charge is 0.128 e. The Hall–Kier alpha value is -1.84. The molecule has 0 aliphatic rings. The molecule has 0 aromatic heterocycles. The van der Waals surface area contributed by atoms with Gasteiger partial charge in [-0.3, -0.25) is 0 Å². The van der Waals surface area contributed by atoms with Gasteiger partial charge in [0, 0.05) is 5.56 Å². The van der Waals surface area contributed by atoms with Crippen molar-refractivity contribution in [3.8, 4) is 5.75 Å². The molecule has 0 spiro atoms. The number of nitrogens with two attached hydrogens (primary N) is 1. The maximum Gasteiger partial charge on any atom is 0.128 e. The summed E-state index contributed by atoms with van der Waals surface area (Å²) < 4.78 is 5.19. The molecule has 0 amide bonds. The van der Waals surface area contributed by atoms with Crippen LogP contribution in [0.4, 0.5) is 0 Å². The fourth-order valence-electron chi connectivity index (χ4n) is 2.02. The second-order valence-corrected chi connectivity index (χ2v) is 4.51. The standard InChI is InChI=1S/C16H19NO2/c1-19-15-9-5-6-13(10-15)11-17-12-16(18)14-7-3-2-4-8-14/h2-10,16-18H,11-12H2,1H3/p+1/t16-/m0/s1. The molecule has 3 heteroatoms. The first kappa shape index (κ1) is 13.6. The van der Waals surface area contributed by atoms with E-state index in [0.717, 1.165) is 17.9 Å². The van der Waals surface area contributed by atoms with E-state index in [1.165, 1.54) is 5.56 Å². The highest BCUT2D eigenvalue weighted by Gasteiger charge is 2.08. The van der Waals surface area contributed by atoms with E-state index in [9.17, 15) is 5.11 Å². The van der Waals surface area contributed by atoms with Crippen molar-refractivity contribution in [3.63, 3.8) is 0 Å². The van der Waals surface area contributed by atoms with Gasteiger partial charge in [-0.25, -0.2) is 0 Å². The highest BCUT2D eigenvalue weighted by Crippen LogP contribution is 2.12. The molecule has 2 aromatic carbocycles. The van der Waals surface area contributed by atoms with Crippen molar-refractivity contribution in [3.05, 3.63) is 65.7 Å². The summed E-state index contributed by atoms with van der Waals surface area (Å²) in [7, 11) is 1.67. The number of quaternary nitrogens is 1. The SMILES string of the molecule is COc1cccc(C[NH2+]C[C@H](O)c2ccccc2)c1. The number of aliphatic hydroxyl groups excluding tert-OH is 1. The van der Waals surface area contributed by atoms with Gasteiger partial charge in [-0.1, -0.05) is 42.5 Å². The van der Waals surface area contributed by atoms with Gasteiger partial charge in [-0.15, -0.1) is 0 Å². The van der Waals surface area contributed by atoms with Gasteiger partial charge >= 0.3 is 0 Å². The van der Waals surface area contributed by atoms with Gasteiger partial charge in [0.05, 0.1) is 7.11 Å². The van der Waals surface area contributed by atoms with E-state index in [4.69, 9.17) is 4.74 Å². The number of rotatable bonds is 6. The second-order valence-electron chi connectivity index (χ2n) is 4.51. The van der Waals surface area contributed by atoms with Gasteiger partial charge in [0.2, 0.25) is 0 Å². The lowest BCUT2D eigenvalue weighted by molar-refractivity contribution is -0.677. The summed E-state index contributed by atoms with van der Waals surface area (Å²) in [5, 5.41) is 12.1. The molecular formula is C16H20NO2+. The molecule has 0 unspecified atom stereocenters. The monoisotopic (exact) mass is 258 g/mol. The van der Waals surface area contributed by atoms with E-state index >= 15 is 0 Å². The van der Waals surface area contributed by atoms with Crippen molar-refractivity contribution >= 4 is 0 Å². The normalized spacial score (nSPS) is 12.1. The predicted octanol–water partition coefficient (Wildman–Crippen LogP) is 1.49.